The van der Waals surface area contributed by atoms with Crippen LogP contribution in [-0.2, 0) is 9.59 Å². The Hall–Kier alpha value is -1.31. The van der Waals surface area contributed by atoms with Gasteiger partial charge in [-0.2, -0.15) is 13.2 Å². The summed E-state index contributed by atoms with van der Waals surface area (Å²) in [5.41, 5.74) is 0. The van der Waals surface area contributed by atoms with Crippen LogP contribution in [0.1, 0.15) is 12.8 Å². The molecule has 1 aliphatic rings. The number of amides is 1. The number of hydrogen-bond donors (Lipinski definition) is 2. The molecule has 2 N–H and O–H groups in total. The number of piperidine rings is 1. The van der Waals surface area contributed by atoms with Crippen molar-refractivity contribution in [3.8, 4) is 0 Å². The van der Waals surface area contributed by atoms with Gasteiger partial charge < -0.3 is 15.1 Å². The predicted octanol–water partition coefficient (Wildman–Crippen LogP) is -0.0148. The Labute approximate surface area is 88.5 Å². The maximum atomic E-state index is 12.1. The average Bonchev–Trinajstić information content (AvgIpc) is 2.15. The van der Waals surface area contributed by atoms with Gasteiger partial charge in [0.25, 0.3) is 0 Å². The molecule has 0 aliphatic carbocycles. The van der Waals surface area contributed by atoms with E-state index in [1.54, 1.807) is 0 Å². The second kappa shape index (κ2) is 4.28. The number of nitrogens with zero attached hydrogens (tertiary/aromatic N) is 1. The van der Waals surface area contributed by atoms with Crippen molar-refractivity contribution in [1.82, 2.24) is 4.90 Å². The molecule has 0 saturated carbocycles. The van der Waals surface area contributed by atoms with E-state index in [0.29, 0.717) is 0 Å². The Kier molecular flexibility index (Phi) is 3.41. The molecule has 1 rings (SSSR count). The summed E-state index contributed by atoms with van der Waals surface area (Å²) < 4.78 is 36.4. The third-order valence-electron chi connectivity index (χ3n) is 2.36. The highest BCUT2D eigenvalue weighted by Crippen LogP contribution is 2.25. The minimum Gasteiger partial charge on any atom is -0.480 e. The molecule has 0 radical (unpaired) electrons. The molecule has 16 heavy (non-hydrogen) atoms. The Morgan fingerprint density at radius 1 is 1.31 bits per heavy atom. The molecule has 1 fully saturated rings. The van der Waals surface area contributed by atoms with E-state index in [0.717, 1.165) is 0 Å². The minimum atomic E-state index is -5.09. The maximum absolute atomic E-state index is 12.1. The molecule has 0 bridgehead atoms. The van der Waals surface area contributed by atoms with E-state index < -0.39 is 36.7 Å². The molecule has 0 aromatic heterocycles. The number of likely N-dealkylation sites (tertiary alicyclic amines) is 1. The van der Waals surface area contributed by atoms with Crippen LogP contribution in [-0.4, -0.2) is 51.9 Å². The van der Waals surface area contributed by atoms with Crippen LogP contribution in [0, 0.1) is 0 Å². The van der Waals surface area contributed by atoms with Crippen LogP contribution >= 0.6 is 0 Å². The molecule has 0 unspecified atom stereocenters. The lowest BCUT2D eigenvalue weighted by atomic mass is 9.99. The third kappa shape index (κ3) is 2.63. The SMILES string of the molecule is O=C(O)[C@@H]1C[C@H](O)CCN1C(=O)C(F)(F)F. The lowest BCUT2D eigenvalue weighted by Gasteiger charge is -2.35. The van der Waals surface area contributed by atoms with Crippen LogP contribution in [0.5, 0.6) is 0 Å². The molecule has 0 spiro atoms. The van der Waals surface area contributed by atoms with Crippen molar-refractivity contribution in [2.45, 2.75) is 31.2 Å². The number of carboxylic acid groups (broad SMARTS) is 1. The molecular formula is C8H10F3NO4. The Morgan fingerprint density at radius 2 is 1.88 bits per heavy atom. The van der Waals surface area contributed by atoms with Crippen molar-refractivity contribution in [3.05, 3.63) is 0 Å². The fourth-order valence-corrected chi connectivity index (χ4v) is 1.59. The summed E-state index contributed by atoms with van der Waals surface area (Å²) in [7, 11) is 0. The minimum absolute atomic E-state index is 0.0500. The zero-order chi connectivity index (χ0) is 12.5. The number of hydrogen-bond acceptors (Lipinski definition) is 3. The van der Waals surface area contributed by atoms with Crippen LogP contribution < -0.4 is 0 Å². The molecule has 92 valence electrons. The quantitative estimate of drug-likeness (QED) is 0.676. The van der Waals surface area contributed by atoms with Gasteiger partial charge in [0, 0.05) is 13.0 Å². The van der Waals surface area contributed by atoms with E-state index in [1.165, 1.54) is 0 Å². The standard InChI is InChI=1S/C8H10F3NO4/c9-8(10,11)7(16)12-2-1-4(13)3-5(12)6(14)15/h4-5,13H,1-3H2,(H,14,15)/t4-,5+/m1/s1. The fraction of sp³-hybridized carbons (Fsp3) is 0.750. The van der Waals surface area contributed by atoms with Crippen LogP contribution in [0.3, 0.4) is 0 Å². The largest absolute Gasteiger partial charge is 0.480 e. The van der Waals surface area contributed by atoms with Gasteiger partial charge in [0.2, 0.25) is 0 Å². The Bertz CT molecular complexity index is 304. The first kappa shape index (κ1) is 12.8. The van der Waals surface area contributed by atoms with Crippen molar-refractivity contribution in [1.29, 1.82) is 0 Å². The number of carbonyl (C=O) groups excluding carboxylic acids is 1. The lowest BCUT2D eigenvalue weighted by molar-refractivity contribution is -0.192. The first-order valence-electron chi connectivity index (χ1n) is 4.52. The molecule has 1 heterocycles. The molecule has 2 atom stereocenters. The normalized spacial score (nSPS) is 26.6. The van der Waals surface area contributed by atoms with Gasteiger partial charge in [-0.3, -0.25) is 4.79 Å². The number of aliphatic carboxylic acids is 1. The summed E-state index contributed by atoms with van der Waals surface area (Å²) in [4.78, 5) is 21.8. The molecule has 5 nitrogen and oxygen atoms in total. The second-order valence-electron chi connectivity index (χ2n) is 3.53. The third-order valence-corrected chi connectivity index (χ3v) is 2.36. The second-order valence-corrected chi connectivity index (χ2v) is 3.53. The van der Waals surface area contributed by atoms with Crippen LogP contribution in [0.25, 0.3) is 0 Å². The summed E-state index contributed by atoms with van der Waals surface area (Å²) >= 11 is 0. The first-order valence-corrected chi connectivity index (χ1v) is 4.52. The summed E-state index contributed by atoms with van der Waals surface area (Å²) in [5, 5.41) is 17.8. The first-order chi connectivity index (χ1) is 7.23. The molecule has 1 amide bonds. The molecule has 0 aromatic carbocycles. The highest BCUT2D eigenvalue weighted by Gasteiger charge is 2.47. The average molecular weight is 241 g/mol. The zero-order valence-electron chi connectivity index (χ0n) is 8.07. The van der Waals surface area contributed by atoms with Crippen molar-refractivity contribution in [2.75, 3.05) is 6.54 Å². The van der Waals surface area contributed by atoms with Gasteiger partial charge in [0.1, 0.15) is 6.04 Å². The maximum Gasteiger partial charge on any atom is 0.471 e. The number of aliphatic hydroxyl groups is 1. The lowest BCUT2D eigenvalue weighted by Crippen LogP contribution is -2.55. The van der Waals surface area contributed by atoms with Crippen LogP contribution in [0.4, 0.5) is 13.2 Å². The molecule has 1 saturated heterocycles. The Balaban J connectivity index is 2.85. The number of carboxylic acids is 1. The highest BCUT2D eigenvalue weighted by atomic mass is 19.4. The van der Waals surface area contributed by atoms with Gasteiger partial charge in [0.15, 0.2) is 0 Å². The van der Waals surface area contributed by atoms with Gasteiger partial charge in [-0.25, -0.2) is 4.79 Å². The molecular weight excluding hydrogens is 231 g/mol. The highest BCUT2D eigenvalue weighted by molar-refractivity contribution is 5.87. The zero-order valence-corrected chi connectivity index (χ0v) is 8.07. The van der Waals surface area contributed by atoms with Gasteiger partial charge >= 0.3 is 18.1 Å². The van der Waals surface area contributed by atoms with E-state index in [4.69, 9.17) is 10.2 Å². The summed E-state index contributed by atoms with van der Waals surface area (Å²) in [6.07, 6.45) is -6.50. The van der Waals surface area contributed by atoms with E-state index in [1.807, 2.05) is 0 Å². The fourth-order valence-electron chi connectivity index (χ4n) is 1.59. The number of rotatable bonds is 1. The van der Waals surface area contributed by atoms with Gasteiger partial charge in [-0.1, -0.05) is 0 Å². The number of aliphatic hydroxyl groups excluding tert-OH is 1. The predicted molar refractivity (Wildman–Crippen MR) is 44.4 cm³/mol. The van der Waals surface area contributed by atoms with Crippen molar-refractivity contribution < 1.29 is 33.0 Å². The number of carbonyl (C=O) groups is 2. The van der Waals surface area contributed by atoms with Crippen LogP contribution in [0.15, 0.2) is 0 Å². The summed E-state index contributed by atoms with van der Waals surface area (Å²) in [6, 6.07) is -1.61. The van der Waals surface area contributed by atoms with E-state index in [2.05, 4.69) is 0 Å². The summed E-state index contributed by atoms with van der Waals surface area (Å²) in [6.45, 7) is -0.406. The van der Waals surface area contributed by atoms with E-state index in [9.17, 15) is 22.8 Å². The van der Waals surface area contributed by atoms with Gasteiger partial charge in [0.05, 0.1) is 6.10 Å². The number of halogens is 3. The van der Waals surface area contributed by atoms with E-state index >= 15 is 0 Å². The molecule has 8 heteroatoms. The number of alkyl halides is 3. The molecule has 1 aliphatic heterocycles. The van der Waals surface area contributed by atoms with Crippen molar-refractivity contribution >= 4 is 11.9 Å². The van der Waals surface area contributed by atoms with E-state index in [-0.39, 0.29) is 17.7 Å². The van der Waals surface area contributed by atoms with Gasteiger partial charge in [-0.15, -0.1) is 0 Å². The van der Waals surface area contributed by atoms with Crippen LogP contribution in [0.2, 0.25) is 0 Å². The van der Waals surface area contributed by atoms with Crippen molar-refractivity contribution in [2.24, 2.45) is 0 Å². The summed E-state index contributed by atoms with van der Waals surface area (Å²) in [5.74, 6) is -3.72. The van der Waals surface area contributed by atoms with Crippen molar-refractivity contribution in [3.63, 3.8) is 0 Å². The smallest absolute Gasteiger partial charge is 0.471 e. The molecule has 0 aromatic rings. The van der Waals surface area contributed by atoms with Gasteiger partial charge in [-0.05, 0) is 6.42 Å². The topological polar surface area (TPSA) is 77.8 Å². The monoisotopic (exact) mass is 241 g/mol. The Morgan fingerprint density at radius 3 is 2.31 bits per heavy atom.